The molecule has 57 heavy (non-hydrogen) atoms. The highest BCUT2D eigenvalue weighted by Gasteiger charge is 2.24. The third-order valence-electron chi connectivity index (χ3n) is 12.2. The summed E-state index contributed by atoms with van der Waals surface area (Å²) in [5.74, 6) is -0.456. The van der Waals surface area contributed by atoms with Gasteiger partial charge in [0, 0.05) is 6.42 Å². The molecule has 1 amide bonds. The fraction of sp³-hybridized carbons (Fsp3) is 0.961. The van der Waals surface area contributed by atoms with Crippen LogP contribution in [0.25, 0.3) is 0 Å². The molecule has 3 unspecified atom stereocenters. The minimum Gasteiger partial charge on any atom is -0.462 e. The number of rotatable bonds is 47. The third-order valence-corrected chi connectivity index (χ3v) is 12.2. The van der Waals surface area contributed by atoms with E-state index in [1.54, 1.807) is 0 Å². The second-order valence-corrected chi connectivity index (χ2v) is 17.9. The molecule has 0 aromatic heterocycles. The highest BCUT2D eigenvalue weighted by atomic mass is 16.5. The average Bonchev–Trinajstić information content (AvgIpc) is 3.20. The monoisotopic (exact) mass is 808 g/mol. The molecule has 0 fully saturated rings. The molecule has 0 aliphatic carbocycles. The lowest BCUT2D eigenvalue weighted by Crippen LogP contribution is -2.46. The summed E-state index contributed by atoms with van der Waals surface area (Å²) >= 11 is 0. The Morgan fingerprint density at radius 2 is 0.737 bits per heavy atom. The summed E-state index contributed by atoms with van der Waals surface area (Å²) in [4.78, 5) is 26.0. The molecule has 0 aromatic rings. The average molecular weight is 808 g/mol. The topological polar surface area (TPSA) is 95.9 Å². The molecule has 0 radical (unpaired) electrons. The van der Waals surface area contributed by atoms with Gasteiger partial charge in [0.2, 0.25) is 5.91 Å². The van der Waals surface area contributed by atoms with E-state index in [1.165, 1.54) is 205 Å². The molecule has 0 saturated heterocycles. The lowest BCUT2D eigenvalue weighted by atomic mass is 10.0. The molecular weight excluding hydrogens is 707 g/mol. The van der Waals surface area contributed by atoms with E-state index in [0.29, 0.717) is 19.3 Å². The maximum absolute atomic E-state index is 13.1. The molecule has 3 atom stereocenters. The van der Waals surface area contributed by atoms with Crippen LogP contribution in [0.5, 0.6) is 0 Å². The predicted octanol–water partition coefficient (Wildman–Crippen LogP) is 15.2. The van der Waals surface area contributed by atoms with Crippen molar-refractivity contribution in [2.75, 3.05) is 6.61 Å². The fourth-order valence-electron chi connectivity index (χ4n) is 8.26. The second-order valence-electron chi connectivity index (χ2n) is 17.9. The van der Waals surface area contributed by atoms with Crippen molar-refractivity contribution in [1.29, 1.82) is 0 Å². The zero-order valence-corrected chi connectivity index (χ0v) is 38.8. The molecule has 0 aromatic carbocycles. The van der Waals surface area contributed by atoms with Crippen molar-refractivity contribution in [3.63, 3.8) is 0 Å². The van der Waals surface area contributed by atoms with Gasteiger partial charge in [0.05, 0.1) is 25.2 Å². The molecule has 0 aliphatic rings. The number of amides is 1. The van der Waals surface area contributed by atoms with Crippen LogP contribution in [0.2, 0.25) is 0 Å². The van der Waals surface area contributed by atoms with E-state index in [0.717, 1.165) is 38.5 Å². The number of hydrogen-bond acceptors (Lipinski definition) is 5. The first-order valence-electron chi connectivity index (χ1n) is 25.8. The van der Waals surface area contributed by atoms with Crippen molar-refractivity contribution in [3.05, 3.63) is 0 Å². The van der Waals surface area contributed by atoms with Crippen LogP contribution in [0, 0.1) is 0 Å². The lowest BCUT2D eigenvalue weighted by Gasteiger charge is -2.24. The Bertz CT molecular complexity index is 821. The van der Waals surface area contributed by atoms with Gasteiger partial charge in [-0.15, -0.1) is 0 Å². The Morgan fingerprint density at radius 3 is 1.07 bits per heavy atom. The molecule has 0 saturated carbocycles. The van der Waals surface area contributed by atoms with Gasteiger partial charge in [0.15, 0.2) is 0 Å². The van der Waals surface area contributed by atoms with Crippen molar-refractivity contribution in [1.82, 2.24) is 5.32 Å². The van der Waals surface area contributed by atoms with Crippen LogP contribution in [-0.4, -0.2) is 46.9 Å². The maximum atomic E-state index is 13.1. The van der Waals surface area contributed by atoms with E-state index in [1.807, 2.05) is 0 Å². The quantitative estimate of drug-likeness (QED) is 0.0420. The van der Waals surface area contributed by atoms with Crippen molar-refractivity contribution >= 4 is 11.9 Å². The van der Waals surface area contributed by atoms with E-state index in [2.05, 4.69) is 26.1 Å². The van der Waals surface area contributed by atoms with Gasteiger partial charge in [-0.3, -0.25) is 9.59 Å². The summed E-state index contributed by atoms with van der Waals surface area (Å²) in [7, 11) is 0. The number of aliphatic hydroxyl groups is 2. The highest BCUT2D eigenvalue weighted by molar-refractivity contribution is 5.77. The number of carbonyl (C=O) groups excluding carboxylic acids is 2. The summed E-state index contributed by atoms with van der Waals surface area (Å²) < 4.78 is 5.91. The summed E-state index contributed by atoms with van der Waals surface area (Å²) in [6, 6.07) is -0.691. The first kappa shape index (κ1) is 55.9. The predicted molar refractivity (Wildman–Crippen MR) is 246 cm³/mol. The molecule has 340 valence electrons. The van der Waals surface area contributed by atoms with E-state index in [-0.39, 0.29) is 24.9 Å². The summed E-state index contributed by atoms with van der Waals surface area (Å²) in [6.07, 6.45) is 48.8. The van der Waals surface area contributed by atoms with Gasteiger partial charge >= 0.3 is 5.97 Å². The van der Waals surface area contributed by atoms with Gasteiger partial charge in [0.1, 0.15) is 6.10 Å². The van der Waals surface area contributed by atoms with Crippen molar-refractivity contribution in [2.45, 2.75) is 309 Å². The molecule has 0 spiro atoms. The largest absolute Gasteiger partial charge is 0.462 e. The van der Waals surface area contributed by atoms with Gasteiger partial charge in [-0.1, -0.05) is 252 Å². The van der Waals surface area contributed by atoms with E-state index in [9.17, 15) is 19.8 Å². The standard InChI is InChI=1S/C51H101NO5/c1-4-7-10-13-16-19-21-23-25-26-27-29-31-34-37-40-43-49(54)48(46-53)52-50(55)45-47(42-39-36-33-18-15-12-9-6-3)57-51(56)44-41-38-35-32-30-28-24-22-20-17-14-11-8-5-2/h47-49,53-54H,4-46H2,1-3H3,(H,52,55). The van der Waals surface area contributed by atoms with Crippen molar-refractivity contribution < 1.29 is 24.5 Å². The molecule has 3 N–H and O–H groups in total. The Labute approximate surface area is 356 Å². The number of carbonyl (C=O) groups is 2. The fourth-order valence-corrected chi connectivity index (χ4v) is 8.26. The molecule has 0 bridgehead atoms. The van der Waals surface area contributed by atoms with E-state index in [4.69, 9.17) is 4.74 Å². The van der Waals surface area contributed by atoms with Gasteiger partial charge in [-0.2, -0.15) is 0 Å². The highest BCUT2D eigenvalue weighted by Crippen LogP contribution is 2.19. The van der Waals surface area contributed by atoms with Gasteiger partial charge in [0.25, 0.3) is 0 Å². The molecule has 0 heterocycles. The summed E-state index contributed by atoms with van der Waals surface area (Å²) in [5, 5.41) is 23.7. The third kappa shape index (κ3) is 41.4. The Hall–Kier alpha value is -1.14. The molecular formula is C51H101NO5. The smallest absolute Gasteiger partial charge is 0.306 e. The Balaban J connectivity index is 4.35. The SMILES string of the molecule is CCCCCCCCCCCCCCCCCCC(O)C(CO)NC(=O)CC(CCCCCCCCCC)OC(=O)CCCCCCCCCCCCCCCC. The van der Waals surface area contributed by atoms with Crippen molar-refractivity contribution in [3.8, 4) is 0 Å². The van der Waals surface area contributed by atoms with Crippen LogP contribution in [0.4, 0.5) is 0 Å². The Kier molecular flexibility index (Phi) is 45.0. The number of hydrogen-bond donors (Lipinski definition) is 3. The summed E-state index contributed by atoms with van der Waals surface area (Å²) in [6.45, 7) is 6.49. The molecule has 0 aliphatic heterocycles. The second kappa shape index (κ2) is 45.9. The first-order chi connectivity index (χ1) is 28.0. The zero-order chi connectivity index (χ0) is 41.7. The number of ether oxygens (including phenoxy) is 1. The van der Waals surface area contributed by atoms with Gasteiger partial charge in [-0.25, -0.2) is 0 Å². The van der Waals surface area contributed by atoms with Crippen LogP contribution in [0.1, 0.15) is 290 Å². The van der Waals surface area contributed by atoms with Crippen LogP contribution < -0.4 is 5.32 Å². The number of nitrogens with one attached hydrogen (secondary N) is 1. The molecule has 0 rings (SSSR count). The van der Waals surface area contributed by atoms with Crippen molar-refractivity contribution in [2.24, 2.45) is 0 Å². The minimum absolute atomic E-state index is 0.0866. The maximum Gasteiger partial charge on any atom is 0.306 e. The van der Waals surface area contributed by atoms with Gasteiger partial charge in [-0.05, 0) is 25.7 Å². The Morgan fingerprint density at radius 1 is 0.439 bits per heavy atom. The summed E-state index contributed by atoms with van der Waals surface area (Å²) in [5.41, 5.74) is 0. The van der Waals surface area contributed by atoms with E-state index < -0.39 is 18.2 Å². The first-order valence-corrected chi connectivity index (χ1v) is 25.8. The van der Waals surface area contributed by atoms with Crippen LogP contribution in [0.15, 0.2) is 0 Å². The van der Waals surface area contributed by atoms with Crippen LogP contribution >= 0.6 is 0 Å². The van der Waals surface area contributed by atoms with Crippen LogP contribution in [0.3, 0.4) is 0 Å². The zero-order valence-electron chi connectivity index (χ0n) is 38.8. The van der Waals surface area contributed by atoms with E-state index >= 15 is 0 Å². The lowest BCUT2D eigenvalue weighted by molar-refractivity contribution is -0.151. The van der Waals surface area contributed by atoms with Gasteiger partial charge < -0.3 is 20.3 Å². The number of aliphatic hydroxyl groups excluding tert-OH is 2. The molecule has 6 heteroatoms. The normalized spacial score (nSPS) is 13.1. The minimum atomic E-state index is -0.778. The number of unbranched alkanes of at least 4 members (excludes halogenated alkanes) is 35. The van der Waals surface area contributed by atoms with Crippen LogP contribution in [-0.2, 0) is 14.3 Å². The molecule has 6 nitrogen and oxygen atoms in total. The number of esters is 1.